The standard InChI is InChI=1S/C24H23F2N3O4S/c25-20-7-8-22(21(26)16-20)34(32,33)29-13-11-28(12-14-29)23(30)9-10-27-24(31)19-6-5-17-3-1-2-4-18(17)15-19/h1-8,15-16H,9-14H2,(H,27,31). The maximum absolute atomic E-state index is 14.0. The molecule has 0 radical (unpaired) electrons. The molecule has 0 bridgehead atoms. The smallest absolute Gasteiger partial charge is 0.251 e. The monoisotopic (exact) mass is 487 g/mol. The lowest BCUT2D eigenvalue weighted by Crippen LogP contribution is -2.51. The van der Waals surface area contributed by atoms with E-state index in [1.54, 1.807) is 12.1 Å². The highest BCUT2D eigenvalue weighted by Gasteiger charge is 2.32. The van der Waals surface area contributed by atoms with E-state index in [4.69, 9.17) is 0 Å². The van der Waals surface area contributed by atoms with Crippen LogP contribution in [0.25, 0.3) is 10.8 Å². The summed E-state index contributed by atoms with van der Waals surface area (Å²) in [6, 6.07) is 15.4. The van der Waals surface area contributed by atoms with E-state index >= 15 is 0 Å². The highest BCUT2D eigenvalue weighted by atomic mass is 32.2. The number of sulfonamides is 1. The van der Waals surface area contributed by atoms with Crippen molar-refractivity contribution in [1.82, 2.24) is 14.5 Å². The van der Waals surface area contributed by atoms with E-state index in [9.17, 15) is 26.8 Å². The number of benzene rings is 3. The summed E-state index contributed by atoms with van der Waals surface area (Å²) in [6.07, 6.45) is 0.0681. The second-order valence-electron chi connectivity index (χ2n) is 7.93. The van der Waals surface area contributed by atoms with Crippen molar-refractivity contribution in [3.05, 3.63) is 77.9 Å². The van der Waals surface area contributed by atoms with E-state index in [2.05, 4.69) is 5.32 Å². The van der Waals surface area contributed by atoms with Crippen molar-refractivity contribution in [2.45, 2.75) is 11.3 Å². The lowest BCUT2D eigenvalue weighted by Gasteiger charge is -2.34. The molecule has 34 heavy (non-hydrogen) atoms. The summed E-state index contributed by atoms with van der Waals surface area (Å²) in [4.78, 5) is 25.8. The number of fused-ring (bicyclic) bond motifs is 1. The zero-order chi connectivity index (χ0) is 24.3. The molecule has 178 valence electrons. The largest absolute Gasteiger partial charge is 0.352 e. The van der Waals surface area contributed by atoms with Gasteiger partial charge in [0.05, 0.1) is 0 Å². The van der Waals surface area contributed by atoms with E-state index in [1.807, 2.05) is 30.3 Å². The van der Waals surface area contributed by atoms with E-state index in [-0.39, 0.29) is 51.0 Å². The second kappa shape index (κ2) is 9.86. The molecular formula is C24H23F2N3O4S. The van der Waals surface area contributed by atoms with E-state index in [1.165, 1.54) is 4.90 Å². The number of hydrogen-bond acceptors (Lipinski definition) is 4. The second-order valence-corrected chi connectivity index (χ2v) is 9.83. The average Bonchev–Trinajstić information content (AvgIpc) is 2.83. The third kappa shape index (κ3) is 5.07. The predicted molar refractivity (Wildman–Crippen MR) is 123 cm³/mol. The molecule has 3 aromatic rings. The zero-order valence-electron chi connectivity index (χ0n) is 18.2. The van der Waals surface area contributed by atoms with Crippen LogP contribution >= 0.6 is 0 Å². The van der Waals surface area contributed by atoms with Crippen LogP contribution in [0.2, 0.25) is 0 Å². The van der Waals surface area contributed by atoms with Gasteiger partial charge in [-0.3, -0.25) is 9.59 Å². The van der Waals surface area contributed by atoms with Crippen molar-refractivity contribution >= 4 is 32.6 Å². The molecule has 4 rings (SSSR count). The highest BCUT2D eigenvalue weighted by Crippen LogP contribution is 2.21. The van der Waals surface area contributed by atoms with Crippen LogP contribution < -0.4 is 5.32 Å². The molecule has 1 aliphatic rings. The van der Waals surface area contributed by atoms with Crippen molar-refractivity contribution in [3.63, 3.8) is 0 Å². The summed E-state index contributed by atoms with van der Waals surface area (Å²) in [5.41, 5.74) is 0.498. The number of halogens is 2. The van der Waals surface area contributed by atoms with Gasteiger partial charge in [0, 0.05) is 50.8 Å². The Balaban J connectivity index is 1.27. The number of amides is 2. The van der Waals surface area contributed by atoms with Crippen molar-refractivity contribution in [2.75, 3.05) is 32.7 Å². The molecular weight excluding hydrogens is 464 g/mol. The van der Waals surface area contributed by atoms with Gasteiger partial charge in [-0.15, -0.1) is 0 Å². The molecule has 10 heteroatoms. The van der Waals surface area contributed by atoms with E-state index in [0.29, 0.717) is 11.6 Å². The minimum Gasteiger partial charge on any atom is -0.352 e. The zero-order valence-corrected chi connectivity index (χ0v) is 19.0. The van der Waals surface area contributed by atoms with E-state index in [0.717, 1.165) is 27.2 Å². The Bertz CT molecular complexity index is 1340. The molecule has 1 aliphatic heterocycles. The summed E-state index contributed by atoms with van der Waals surface area (Å²) >= 11 is 0. The first-order chi connectivity index (χ1) is 16.3. The van der Waals surface area contributed by atoms with Crippen molar-refractivity contribution in [3.8, 4) is 0 Å². The Morgan fingerprint density at radius 2 is 1.59 bits per heavy atom. The van der Waals surface area contributed by atoms with Crippen LogP contribution in [0, 0.1) is 11.6 Å². The minimum absolute atomic E-state index is 0.00562. The molecule has 1 N–H and O–H groups in total. The fourth-order valence-corrected chi connectivity index (χ4v) is 5.34. The van der Waals surface area contributed by atoms with Gasteiger partial charge in [-0.25, -0.2) is 17.2 Å². The molecule has 1 heterocycles. The van der Waals surface area contributed by atoms with Gasteiger partial charge >= 0.3 is 0 Å². The van der Waals surface area contributed by atoms with Gasteiger partial charge in [0.25, 0.3) is 5.91 Å². The summed E-state index contributed by atoms with van der Waals surface area (Å²) in [7, 11) is -4.14. The minimum atomic E-state index is -4.14. The molecule has 3 aromatic carbocycles. The highest BCUT2D eigenvalue weighted by molar-refractivity contribution is 7.89. The fraction of sp³-hybridized carbons (Fsp3) is 0.250. The Morgan fingerprint density at radius 1 is 0.882 bits per heavy atom. The van der Waals surface area contributed by atoms with Gasteiger partial charge in [0.15, 0.2) is 0 Å². The topological polar surface area (TPSA) is 86.8 Å². The molecule has 0 aromatic heterocycles. The van der Waals surface area contributed by atoms with Gasteiger partial charge in [-0.1, -0.05) is 30.3 Å². The molecule has 0 spiro atoms. The summed E-state index contributed by atoms with van der Waals surface area (Å²) in [5, 5.41) is 4.70. The summed E-state index contributed by atoms with van der Waals surface area (Å²) < 4.78 is 53.5. The molecule has 1 fully saturated rings. The third-order valence-corrected chi connectivity index (χ3v) is 7.67. The van der Waals surface area contributed by atoms with Gasteiger partial charge in [-0.2, -0.15) is 4.31 Å². The van der Waals surface area contributed by atoms with Crippen LogP contribution in [-0.4, -0.2) is 62.2 Å². The quantitative estimate of drug-likeness (QED) is 0.579. The Morgan fingerprint density at radius 3 is 2.29 bits per heavy atom. The van der Waals surface area contributed by atoms with Crippen LogP contribution in [0.5, 0.6) is 0 Å². The van der Waals surface area contributed by atoms with Crippen molar-refractivity contribution in [1.29, 1.82) is 0 Å². The number of carbonyl (C=O) groups excluding carboxylic acids is 2. The van der Waals surface area contributed by atoms with Crippen LogP contribution in [-0.2, 0) is 14.8 Å². The lowest BCUT2D eigenvalue weighted by molar-refractivity contribution is -0.132. The molecule has 2 amide bonds. The number of piperazine rings is 1. The van der Waals surface area contributed by atoms with Crippen LogP contribution in [0.15, 0.2) is 65.6 Å². The third-order valence-electron chi connectivity index (χ3n) is 5.74. The summed E-state index contributed by atoms with van der Waals surface area (Å²) in [5.74, 6) is -2.51. The number of rotatable bonds is 6. The molecule has 0 aliphatic carbocycles. The number of nitrogens with one attached hydrogen (secondary N) is 1. The Labute approximate surface area is 196 Å². The normalized spacial score (nSPS) is 14.8. The van der Waals surface area contributed by atoms with Crippen molar-refractivity contribution < 1.29 is 26.8 Å². The SMILES string of the molecule is O=C(NCCC(=O)N1CCN(S(=O)(=O)c2ccc(F)cc2F)CC1)c1ccc2ccccc2c1. The Kier molecular flexibility index (Phi) is 6.90. The average molecular weight is 488 g/mol. The van der Waals surface area contributed by atoms with Gasteiger partial charge in [0.2, 0.25) is 15.9 Å². The molecule has 0 atom stereocenters. The first kappa shape index (κ1) is 23.8. The maximum atomic E-state index is 14.0. The maximum Gasteiger partial charge on any atom is 0.251 e. The molecule has 0 saturated carbocycles. The molecule has 1 saturated heterocycles. The van der Waals surface area contributed by atoms with Gasteiger partial charge in [-0.05, 0) is 35.0 Å². The predicted octanol–water partition coefficient (Wildman–Crippen LogP) is 2.77. The first-order valence-electron chi connectivity index (χ1n) is 10.8. The van der Waals surface area contributed by atoms with Gasteiger partial charge < -0.3 is 10.2 Å². The summed E-state index contributed by atoms with van der Waals surface area (Å²) in [6.45, 7) is 0.408. The Hall–Kier alpha value is -3.37. The van der Waals surface area contributed by atoms with Crippen LogP contribution in [0.3, 0.4) is 0 Å². The lowest BCUT2D eigenvalue weighted by atomic mass is 10.1. The van der Waals surface area contributed by atoms with E-state index < -0.39 is 26.6 Å². The number of hydrogen-bond donors (Lipinski definition) is 1. The first-order valence-corrected chi connectivity index (χ1v) is 12.2. The number of nitrogens with zero attached hydrogens (tertiary/aromatic N) is 2. The molecule has 0 unspecified atom stereocenters. The van der Waals surface area contributed by atoms with Crippen LogP contribution in [0.4, 0.5) is 8.78 Å². The van der Waals surface area contributed by atoms with Crippen molar-refractivity contribution in [2.24, 2.45) is 0 Å². The number of carbonyl (C=O) groups is 2. The van der Waals surface area contributed by atoms with Crippen LogP contribution in [0.1, 0.15) is 16.8 Å². The van der Waals surface area contributed by atoms with Gasteiger partial charge in [0.1, 0.15) is 16.5 Å². The molecule has 7 nitrogen and oxygen atoms in total. The fourth-order valence-electron chi connectivity index (χ4n) is 3.88.